The van der Waals surface area contributed by atoms with E-state index in [1.807, 2.05) is 27.7 Å². The molecule has 0 heterocycles. The summed E-state index contributed by atoms with van der Waals surface area (Å²) in [7, 11) is 0. The van der Waals surface area contributed by atoms with Crippen LogP contribution in [-0.2, 0) is 14.6 Å². The molecule has 1 unspecified atom stereocenters. The van der Waals surface area contributed by atoms with Gasteiger partial charge in [0.1, 0.15) is 5.60 Å². The van der Waals surface area contributed by atoms with Gasteiger partial charge in [0.05, 0.1) is 11.6 Å². The first-order chi connectivity index (χ1) is 7.27. The van der Waals surface area contributed by atoms with Crippen LogP contribution < -0.4 is 5.11 Å². The van der Waals surface area contributed by atoms with Crippen LogP contribution in [0.15, 0.2) is 0 Å². The van der Waals surface area contributed by atoms with Crippen LogP contribution in [0.2, 0.25) is 0 Å². The molecule has 0 spiro atoms. The molecule has 0 aromatic rings. The second-order valence-corrected chi connectivity index (χ2v) is 5.02. The average molecular weight is 231 g/mol. The number of carbonyl (C=O) groups is 1. The molecule has 0 fully saturated rings. The Labute approximate surface area is 97.9 Å². The summed E-state index contributed by atoms with van der Waals surface area (Å²) in [5, 5.41) is 11.2. The monoisotopic (exact) mass is 231 g/mol. The van der Waals surface area contributed by atoms with Gasteiger partial charge >= 0.3 is 0 Å². The van der Waals surface area contributed by atoms with Crippen molar-refractivity contribution < 1.29 is 19.7 Å². The van der Waals surface area contributed by atoms with Gasteiger partial charge in [0.2, 0.25) is 0 Å². The SMILES string of the molecule is CCCCC(CC)(OOC(C)(C)C)C(=O)[O-]. The van der Waals surface area contributed by atoms with Crippen LogP contribution in [0.4, 0.5) is 0 Å². The van der Waals surface area contributed by atoms with E-state index in [0.717, 1.165) is 12.8 Å². The number of unbranched alkanes of at least 4 members (excludes halogenated alkanes) is 1. The van der Waals surface area contributed by atoms with Crippen LogP contribution >= 0.6 is 0 Å². The quantitative estimate of drug-likeness (QED) is 0.495. The Morgan fingerprint density at radius 3 is 2.06 bits per heavy atom. The van der Waals surface area contributed by atoms with Crippen LogP contribution in [-0.4, -0.2) is 17.2 Å². The molecule has 0 aliphatic rings. The fourth-order valence-corrected chi connectivity index (χ4v) is 1.22. The van der Waals surface area contributed by atoms with E-state index in [1.54, 1.807) is 6.92 Å². The molecule has 0 radical (unpaired) electrons. The van der Waals surface area contributed by atoms with E-state index in [2.05, 4.69) is 0 Å². The number of aliphatic carboxylic acids is 1. The van der Waals surface area contributed by atoms with Gasteiger partial charge in [-0.3, -0.25) is 0 Å². The maximum atomic E-state index is 11.2. The van der Waals surface area contributed by atoms with Crippen LogP contribution in [0.3, 0.4) is 0 Å². The van der Waals surface area contributed by atoms with Gasteiger partial charge in [-0.1, -0.05) is 26.7 Å². The van der Waals surface area contributed by atoms with Crippen molar-refractivity contribution in [3.63, 3.8) is 0 Å². The van der Waals surface area contributed by atoms with Crippen molar-refractivity contribution in [2.45, 2.75) is 71.5 Å². The summed E-state index contributed by atoms with van der Waals surface area (Å²) in [6.45, 7) is 9.19. The Hall–Kier alpha value is -0.610. The molecule has 4 nitrogen and oxygen atoms in total. The van der Waals surface area contributed by atoms with Crippen LogP contribution in [0, 0.1) is 0 Å². The summed E-state index contributed by atoms with van der Waals surface area (Å²) in [5.74, 6) is -1.20. The van der Waals surface area contributed by atoms with Crippen LogP contribution in [0.5, 0.6) is 0 Å². The molecule has 0 saturated carbocycles. The van der Waals surface area contributed by atoms with Gasteiger partial charge in [-0.05, 0) is 33.6 Å². The minimum absolute atomic E-state index is 0.339. The first-order valence-electron chi connectivity index (χ1n) is 5.85. The van der Waals surface area contributed by atoms with Crippen molar-refractivity contribution >= 4 is 5.97 Å². The van der Waals surface area contributed by atoms with Gasteiger partial charge in [0.25, 0.3) is 0 Å². The number of carboxylic acid groups (broad SMARTS) is 1. The van der Waals surface area contributed by atoms with Gasteiger partial charge in [0, 0.05) is 0 Å². The van der Waals surface area contributed by atoms with Crippen molar-refractivity contribution in [2.24, 2.45) is 0 Å². The normalized spacial score (nSPS) is 15.8. The zero-order chi connectivity index (χ0) is 12.8. The predicted molar refractivity (Wildman–Crippen MR) is 59.5 cm³/mol. The molecule has 0 saturated heterocycles. The highest BCUT2D eigenvalue weighted by Gasteiger charge is 2.33. The molecule has 4 heteroatoms. The highest BCUT2D eigenvalue weighted by molar-refractivity contribution is 5.75. The van der Waals surface area contributed by atoms with Crippen molar-refractivity contribution in [2.75, 3.05) is 0 Å². The van der Waals surface area contributed by atoms with E-state index < -0.39 is 17.2 Å². The topological polar surface area (TPSA) is 58.6 Å². The Bertz CT molecular complexity index is 220. The summed E-state index contributed by atoms with van der Waals surface area (Å²) in [6.07, 6.45) is 2.44. The Morgan fingerprint density at radius 1 is 1.19 bits per heavy atom. The molecule has 0 aromatic carbocycles. The Balaban J connectivity index is 4.57. The molecular weight excluding hydrogens is 208 g/mol. The average Bonchev–Trinajstić information content (AvgIpc) is 2.17. The Kier molecular flexibility index (Phi) is 5.97. The number of hydrogen-bond donors (Lipinski definition) is 0. The molecule has 0 N–H and O–H groups in total. The van der Waals surface area contributed by atoms with Crippen molar-refractivity contribution in [1.29, 1.82) is 0 Å². The first kappa shape index (κ1) is 15.4. The molecule has 1 atom stereocenters. The number of hydrogen-bond acceptors (Lipinski definition) is 4. The van der Waals surface area contributed by atoms with E-state index in [0.29, 0.717) is 12.8 Å². The van der Waals surface area contributed by atoms with E-state index >= 15 is 0 Å². The maximum absolute atomic E-state index is 11.2. The predicted octanol–water partition coefficient (Wildman–Crippen LogP) is 1.82. The summed E-state index contributed by atoms with van der Waals surface area (Å²) in [4.78, 5) is 21.4. The van der Waals surface area contributed by atoms with Gasteiger partial charge < -0.3 is 9.90 Å². The molecule has 16 heavy (non-hydrogen) atoms. The molecule has 0 aliphatic carbocycles. The Morgan fingerprint density at radius 2 is 1.75 bits per heavy atom. The zero-order valence-electron chi connectivity index (χ0n) is 11.0. The highest BCUT2D eigenvalue weighted by atomic mass is 17.2. The molecule has 0 amide bonds. The number of rotatable bonds is 7. The summed E-state index contributed by atoms with van der Waals surface area (Å²) >= 11 is 0. The second-order valence-electron chi connectivity index (χ2n) is 5.02. The zero-order valence-corrected chi connectivity index (χ0v) is 11.0. The summed E-state index contributed by atoms with van der Waals surface area (Å²) in [6, 6.07) is 0. The third-order valence-corrected chi connectivity index (χ3v) is 2.33. The minimum Gasteiger partial charge on any atom is -0.547 e. The van der Waals surface area contributed by atoms with Crippen molar-refractivity contribution in [1.82, 2.24) is 0 Å². The van der Waals surface area contributed by atoms with Gasteiger partial charge in [-0.2, -0.15) is 0 Å². The van der Waals surface area contributed by atoms with Crippen LogP contribution in [0.1, 0.15) is 60.3 Å². The van der Waals surface area contributed by atoms with E-state index in [-0.39, 0.29) is 0 Å². The van der Waals surface area contributed by atoms with E-state index in [4.69, 9.17) is 9.78 Å². The lowest BCUT2D eigenvalue weighted by Gasteiger charge is -2.34. The third kappa shape index (κ3) is 4.94. The van der Waals surface area contributed by atoms with E-state index in [9.17, 15) is 9.90 Å². The van der Waals surface area contributed by atoms with Crippen molar-refractivity contribution in [3.05, 3.63) is 0 Å². The highest BCUT2D eigenvalue weighted by Crippen LogP contribution is 2.25. The standard InChI is InChI=1S/C12H24O4/c1-6-8-9-12(7-2,10(13)14)16-15-11(3,4)5/h6-9H2,1-5H3,(H,13,14)/p-1. The summed E-state index contributed by atoms with van der Waals surface area (Å²) < 4.78 is 0. The van der Waals surface area contributed by atoms with Crippen molar-refractivity contribution in [3.8, 4) is 0 Å². The maximum Gasteiger partial charge on any atom is 0.142 e. The summed E-state index contributed by atoms with van der Waals surface area (Å²) in [5.41, 5.74) is -1.84. The first-order valence-corrected chi connectivity index (χ1v) is 5.85. The second kappa shape index (κ2) is 6.21. The third-order valence-electron chi connectivity index (χ3n) is 2.33. The fraction of sp³-hybridized carbons (Fsp3) is 0.917. The van der Waals surface area contributed by atoms with Gasteiger partial charge in [-0.25, -0.2) is 9.78 Å². The lowest BCUT2D eigenvalue weighted by atomic mass is 9.94. The van der Waals surface area contributed by atoms with E-state index in [1.165, 1.54) is 0 Å². The minimum atomic E-state index is -1.32. The molecule has 0 bridgehead atoms. The fourth-order valence-electron chi connectivity index (χ4n) is 1.22. The largest absolute Gasteiger partial charge is 0.547 e. The molecule has 0 rings (SSSR count). The lowest BCUT2D eigenvalue weighted by molar-refractivity contribution is -0.421. The van der Waals surface area contributed by atoms with Crippen LogP contribution in [0.25, 0.3) is 0 Å². The number of carboxylic acids is 1. The molecule has 96 valence electrons. The van der Waals surface area contributed by atoms with Gasteiger partial charge in [-0.15, -0.1) is 0 Å². The smallest absolute Gasteiger partial charge is 0.142 e. The number of carbonyl (C=O) groups excluding carboxylic acids is 1. The van der Waals surface area contributed by atoms with Gasteiger partial charge in [0.15, 0.2) is 0 Å². The molecule has 0 aromatic heterocycles. The molecular formula is C12H23O4-. The lowest BCUT2D eigenvalue weighted by Crippen LogP contribution is -2.51. The molecule has 0 aliphatic heterocycles.